The maximum Gasteiger partial charge on any atom is 0.0708 e. The fraction of sp³-hybridized carbons (Fsp3) is 0.328. The van der Waals surface area contributed by atoms with Crippen molar-refractivity contribution in [3.8, 4) is 44.9 Å². The molecule has 10 rings (SSSR count). The van der Waals surface area contributed by atoms with Crippen molar-refractivity contribution >= 4 is 0 Å². The lowest BCUT2D eigenvalue weighted by atomic mass is 9.74. The zero-order valence-electron chi connectivity index (χ0n) is 46.1. The first-order valence-corrected chi connectivity index (χ1v) is 25.9. The van der Waals surface area contributed by atoms with E-state index >= 15 is 0 Å². The van der Waals surface area contributed by atoms with Gasteiger partial charge in [0.05, 0.1) is 17.1 Å². The number of rotatable bonds is 15. The highest BCUT2D eigenvalue weighted by Crippen LogP contribution is 2.40. The highest BCUT2D eigenvalue weighted by atomic mass is 14.7. The molecule has 0 amide bonds. The summed E-state index contributed by atoms with van der Waals surface area (Å²) in [5, 5.41) is 0. The lowest BCUT2D eigenvalue weighted by molar-refractivity contribution is 0.259. The first-order chi connectivity index (χ1) is 35.4. The topological polar surface area (TPSA) is 38.7 Å². The number of nitrogens with zero attached hydrogens (tertiary/aromatic N) is 3. The second-order valence-corrected chi connectivity index (χ2v) is 21.9. The van der Waals surface area contributed by atoms with E-state index in [4.69, 9.17) is 15.0 Å². The highest BCUT2D eigenvalue weighted by Gasteiger charge is 2.27. The van der Waals surface area contributed by atoms with Gasteiger partial charge in [0, 0.05) is 40.8 Å². The van der Waals surface area contributed by atoms with Gasteiger partial charge >= 0.3 is 0 Å². The maximum atomic E-state index is 10.1. The number of hydrogen-bond donors (Lipinski definition) is 0. The van der Waals surface area contributed by atoms with Gasteiger partial charge in [-0.1, -0.05) is 169 Å². The molecule has 0 aliphatic heterocycles. The minimum atomic E-state index is -2.50. The van der Waals surface area contributed by atoms with Crippen LogP contribution in [-0.2, 0) is 49.3 Å². The molecule has 1 saturated carbocycles. The molecule has 0 bridgehead atoms. The number of hydrogen-bond acceptors (Lipinski definition) is 3. The van der Waals surface area contributed by atoms with Crippen LogP contribution in [0.3, 0.4) is 0 Å². The zero-order chi connectivity index (χ0) is 51.8. The fourth-order valence-corrected chi connectivity index (χ4v) is 11.3. The van der Waals surface area contributed by atoms with E-state index in [2.05, 4.69) is 139 Å². The molecule has 1 fully saturated rings. The molecular formula is C67H71N3. The van der Waals surface area contributed by atoms with Crippen LogP contribution in [0, 0.1) is 11.8 Å². The molecule has 2 aliphatic rings. The van der Waals surface area contributed by atoms with E-state index in [0.29, 0.717) is 35.8 Å². The number of fused-ring (bicyclic) bond motifs is 1. The number of aromatic nitrogens is 3. The number of pyridine rings is 3. The van der Waals surface area contributed by atoms with E-state index in [-0.39, 0.29) is 16.4 Å². The summed E-state index contributed by atoms with van der Waals surface area (Å²) in [5.74, 6) is 1.98. The van der Waals surface area contributed by atoms with E-state index in [1.165, 1.54) is 42.4 Å². The Balaban J connectivity index is 1.03. The van der Waals surface area contributed by atoms with Crippen molar-refractivity contribution in [3.63, 3.8) is 0 Å². The predicted octanol–water partition coefficient (Wildman–Crippen LogP) is 16.8. The van der Waals surface area contributed by atoms with Gasteiger partial charge in [0.25, 0.3) is 0 Å². The lowest BCUT2D eigenvalue weighted by Gasteiger charge is -2.31. The average Bonchev–Trinajstić information content (AvgIpc) is 3.90. The Morgan fingerprint density at radius 3 is 1.60 bits per heavy atom. The van der Waals surface area contributed by atoms with Crippen LogP contribution < -0.4 is 0 Å². The molecule has 0 radical (unpaired) electrons. The Morgan fingerprint density at radius 1 is 0.500 bits per heavy atom. The maximum absolute atomic E-state index is 10.1. The summed E-state index contributed by atoms with van der Waals surface area (Å²) in [7, 11) is 0. The Kier molecular flexibility index (Phi) is 12.4. The van der Waals surface area contributed by atoms with Gasteiger partial charge in [0.1, 0.15) is 0 Å². The van der Waals surface area contributed by atoms with Gasteiger partial charge in [0.2, 0.25) is 0 Å². The van der Waals surface area contributed by atoms with E-state index < -0.39 is 12.7 Å². The highest BCUT2D eigenvalue weighted by molar-refractivity contribution is 5.74. The van der Waals surface area contributed by atoms with Gasteiger partial charge in [-0.15, -0.1) is 0 Å². The van der Waals surface area contributed by atoms with Crippen molar-refractivity contribution in [2.24, 2.45) is 11.8 Å². The van der Waals surface area contributed by atoms with E-state index in [9.17, 15) is 5.48 Å². The quantitative estimate of drug-likeness (QED) is 0.103. The molecule has 8 aromatic rings. The van der Waals surface area contributed by atoms with Gasteiger partial charge in [-0.05, 0) is 185 Å². The van der Waals surface area contributed by atoms with Crippen molar-refractivity contribution in [2.75, 3.05) is 0 Å². The first kappa shape index (κ1) is 42.4. The molecule has 2 aliphatic carbocycles. The summed E-state index contributed by atoms with van der Waals surface area (Å²) >= 11 is 0. The van der Waals surface area contributed by atoms with E-state index in [0.717, 1.165) is 86.8 Å². The number of benzene rings is 5. The fourth-order valence-electron chi connectivity index (χ4n) is 11.3. The summed E-state index contributed by atoms with van der Waals surface area (Å²) in [6.45, 7) is 13.5. The van der Waals surface area contributed by atoms with Crippen LogP contribution in [0.25, 0.3) is 44.9 Å². The molecule has 3 heteroatoms. The molecule has 354 valence electrons. The molecule has 3 nitrogen and oxygen atoms in total. The monoisotopic (exact) mass is 922 g/mol. The average molecular weight is 922 g/mol. The third-order valence-electron chi connectivity index (χ3n) is 15.6. The van der Waals surface area contributed by atoms with Crippen LogP contribution in [0.5, 0.6) is 0 Å². The van der Waals surface area contributed by atoms with Gasteiger partial charge in [-0.25, -0.2) is 0 Å². The van der Waals surface area contributed by atoms with Crippen LogP contribution in [-0.4, -0.2) is 15.0 Å². The third-order valence-corrected chi connectivity index (χ3v) is 15.6. The first-order valence-electron chi connectivity index (χ1n) is 27.9. The van der Waals surface area contributed by atoms with Gasteiger partial charge in [-0.3, -0.25) is 15.0 Å². The summed E-state index contributed by atoms with van der Waals surface area (Å²) in [4.78, 5) is 14.8. The Bertz CT molecular complexity index is 3090. The molecular weight excluding hydrogens is 847 g/mol. The van der Waals surface area contributed by atoms with Crippen LogP contribution in [0.1, 0.15) is 135 Å². The molecule has 3 aromatic heterocycles. The van der Waals surface area contributed by atoms with Gasteiger partial charge in [-0.2, -0.15) is 0 Å². The Morgan fingerprint density at radius 2 is 1.04 bits per heavy atom. The van der Waals surface area contributed by atoms with Crippen molar-refractivity contribution in [2.45, 2.75) is 129 Å². The summed E-state index contributed by atoms with van der Waals surface area (Å²) < 4.78 is 40.5. The zero-order valence-corrected chi connectivity index (χ0v) is 42.1. The summed E-state index contributed by atoms with van der Waals surface area (Å²) in [5.41, 5.74) is 15.1. The molecule has 0 N–H and O–H groups in total. The third kappa shape index (κ3) is 10.8. The molecule has 0 atom stereocenters. The summed E-state index contributed by atoms with van der Waals surface area (Å²) in [6, 6.07) is 52.2. The standard InChI is InChI=1S/C67H71N3/c1-46(2)50-22-24-52(25-23-50)53-26-29-54(30-27-53)62-40-65(58-31-28-51-18-13-19-57(51)39-58)68-43-59(62)21-20-47-36-48(41-66(3,4)60-32-34-63(69-44-60)55-14-9-7-10-15-55)38-49(37-47)42-67(5,6)61-33-35-64(70-45-61)56-16-11-8-12-17-56/h7-12,14-17,26-40,43-46,50,52H,13,18-25,41-42H2,1-6H3/i20D2,21D2. The minimum Gasteiger partial charge on any atom is -0.256 e. The molecule has 70 heavy (non-hydrogen) atoms. The number of aryl methyl sites for hydroxylation is 4. The normalized spacial score (nSPS) is 17.4. The second kappa shape index (κ2) is 20.5. The minimum absolute atomic E-state index is 0.236. The molecule has 0 saturated heterocycles. The van der Waals surface area contributed by atoms with Crippen LogP contribution in [0.2, 0.25) is 0 Å². The van der Waals surface area contributed by atoms with Crippen LogP contribution >= 0.6 is 0 Å². The predicted molar refractivity (Wildman–Crippen MR) is 293 cm³/mol. The van der Waals surface area contributed by atoms with Crippen molar-refractivity contribution in [1.82, 2.24) is 15.0 Å². The lowest BCUT2D eigenvalue weighted by Crippen LogP contribution is -2.23. The molecule has 5 aromatic carbocycles. The van der Waals surface area contributed by atoms with Crippen molar-refractivity contribution < 1.29 is 5.48 Å². The summed E-state index contributed by atoms with van der Waals surface area (Å²) in [6.07, 6.45) is 9.85. The smallest absolute Gasteiger partial charge is 0.0708 e. The molecule has 0 unspecified atom stereocenters. The SMILES string of the molecule is [2H]C([2H])(c1cc(CC(C)(C)c2ccc(-c3ccccc3)nc2)cc(CC(C)(C)c2ccc(-c3ccccc3)nc2)c1)C([2H])([2H])c1cnc(-c2ccc3c(c2)CCC3)cc1-c1ccc(C2CCC(C(C)C)CC2)cc1. The van der Waals surface area contributed by atoms with Crippen LogP contribution in [0.4, 0.5) is 0 Å². The van der Waals surface area contributed by atoms with Crippen LogP contribution in [0.15, 0.2) is 170 Å². The van der Waals surface area contributed by atoms with Crippen molar-refractivity contribution in [1.29, 1.82) is 0 Å². The largest absolute Gasteiger partial charge is 0.256 e. The van der Waals surface area contributed by atoms with Gasteiger partial charge in [0.15, 0.2) is 0 Å². The van der Waals surface area contributed by atoms with E-state index in [1.54, 1.807) is 6.20 Å². The van der Waals surface area contributed by atoms with E-state index in [1.807, 2.05) is 67.0 Å². The second-order valence-electron chi connectivity index (χ2n) is 21.9. The molecule has 3 heterocycles. The Hall–Kier alpha value is -6.45. The van der Waals surface area contributed by atoms with Gasteiger partial charge < -0.3 is 0 Å². The van der Waals surface area contributed by atoms with Crippen molar-refractivity contribution in [3.05, 3.63) is 220 Å². The Labute approximate surface area is 424 Å². The molecule has 0 spiro atoms.